The van der Waals surface area contributed by atoms with E-state index >= 15 is 0 Å². The minimum atomic E-state index is 0. The van der Waals surface area contributed by atoms with Gasteiger partial charge in [0.1, 0.15) is 0 Å². The molecule has 0 aliphatic carbocycles. The molecule has 1 aromatic rings. The molecular weight excluding hydrogens is 292 g/mol. The quantitative estimate of drug-likeness (QED) is 0.750. The summed E-state index contributed by atoms with van der Waals surface area (Å²) in [7, 11) is 0. The molecule has 2 rings (SSSR count). The van der Waals surface area contributed by atoms with Crippen molar-refractivity contribution in [2.45, 2.75) is 65.8 Å². The highest BCUT2D eigenvalue weighted by Gasteiger charge is 2.31. The molecule has 1 saturated heterocycles. The van der Waals surface area contributed by atoms with Crippen LogP contribution in [0.5, 0.6) is 0 Å². The molecule has 0 atom stereocenters. The SMILES string of the molecule is CC(C)c1cccc(C(C)C)c1N1CCN(C(C)(C)C)C1.Cl. The van der Waals surface area contributed by atoms with Gasteiger partial charge >= 0.3 is 0 Å². The molecule has 1 aliphatic rings. The Labute approximate surface area is 143 Å². The summed E-state index contributed by atoms with van der Waals surface area (Å²) in [5.41, 5.74) is 4.74. The van der Waals surface area contributed by atoms with Gasteiger partial charge in [0.25, 0.3) is 0 Å². The summed E-state index contributed by atoms with van der Waals surface area (Å²) in [6, 6.07) is 6.85. The molecule has 0 N–H and O–H groups in total. The third kappa shape index (κ3) is 3.97. The number of anilines is 1. The lowest BCUT2D eigenvalue weighted by molar-refractivity contribution is 0.177. The second kappa shape index (κ2) is 7.23. The van der Waals surface area contributed by atoms with Gasteiger partial charge in [-0.25, -0.2) is 0 Å². The van der Waals surface area contributed by atoms with Crippen LogP contribution in [0, 0.1) is 0 Å². The fraction of sp³-hybridized carbons (Fsp3) is 0.684. The van der Waals surface area contributed by atoms with Crippen LogP contribution < -0.4 is 4.90 Å². The van der Waals surface area contributed by atoms with E-state index in [0.717, 1.165) is 19.8 Å². The standard InChI is InChI=1S/C19H32N2.ClH/c1-14(2)16-9-8-10-17(15(3)4)18(16)20-11-12-21(13-20)19(5,6)7;/h8-10,14-15H,11-13H2,1-7H3;1H. The number of rotatable bonds is 3. The van der Waals surface area contributed by atoms with Gasteiger partial charge in [-0.3, -0.25) is 4.90 Å². The zero-order valence-corrected chi connectivity index (χ0v) is 16.1. The van der Waals surface area contributed by atoms with Crippen molar-refractivity contribution in [2.24, 2.45) is 0 Å². The Morgan fingerprint density at radius 3 is 1.77 bits per heavy atom. The number of halogens is 1. The Balaban J connectivity index is 0.00000242. The first-order valence-electron chi connectivity index (χ1n) is 8.34. The second-order valence-corrected chi connectivity index (χ2v) is 7.93. The summed E-state index contributed by atoms with van der Waals surface area (Å²) in [6.07, 6.45) is 0. The normalized spacial score (nSPS) is 16.5. The molecule has 1 aromatic carbocycles. The van der Waals surface area contributed by atoms with Crippen LogP contribution in [0.25, 0.3) is 0 Å². The molecular formula is C19H33ClN2. The molecule has 22 heavy (non-hydrogen) atoms. The predicted molar refractivity (Wildman–Crippen MR) is 101 cm³/mol. The van der Waals surface area contributed by atoms with Crippen molar-refractivity contribution in [2.75, 3.05) is 24.7 Å². The van der Waals surface area contributed by atoms with Gasteiger partial charge in [-0.15, -0.1) is 12.4 Å². The van der Waals surface area contributed by atoms with E-state index < -0.39 is 0 Å². The summed E-state index contributed by atoms with van der Waals surface area (Å²) < 4.78 is 0. The van der Waals surface area contributed by atoms with Crippen molar-refractivity contribution in [1.29, 1.82) is 0 Å². The summed E-state index contributed by atoms with van der Waals surface area (Å²) in [6.45, 7) is 19.5. The largest absolute Gasteiger partial charge is 0.357 e. The van der Waals surface area contributed by atoms with Crippen LogP contribution in [0.1, 0.15) is 71.4 Å². The first kappa shape index (κ1) is 19.3. The number of para-hydroxylation sites is 1. The van der Waals surface area contributed by atoms with Crippen molar-refractivity contribution in [3.05, 3.63) is 29.3 Å². The lowest BCUT2D eigenvalue weighted by Crippen LogP contribution is -2.40. The Bertz CT molecular complexity index is 462. The second-order valence-electron chi connectivity index (χ2n) is 7.93. The van der Waals surface area contributed by atoms with Crippen molar-refractivity contribution in [3.8, 4) is 0 Å². The molecule has 1 aliphatic heterocycles. The number of hydrogen-bond donors (Lipinski definition) is 0. The topological polar surface area (TPSA) is 6.48 Å². The van der Waals surface area contributed by atoms with Gasteiger partial charge in [0, 0.05) is 24.3 Å². The number of hydrogen-bond acceptors (Lipinski definition) is 2. The van der Waals surface area contributed by atoms with E-state index in [2.05, 4.69) is 76.5 Å². The Morgan fingerprint density at radius 1 is 0.909 bits per heavy atom. The summed E-state index contributed by atoms with van der Waals surface area (Å²) in [5, 5.41) is 0. The first-order valence-corrected chi connectivity index (χ1v) is 8.34. The average molecular weight is 325 g/mol. The van der Waals surface area contributed by atoms with Crippen LogP contribution in [-0.4, -0.2) is 30.2 Å². The average Bonchev–Trinajstić information content (AvgIpc) is 2.86. The van der Waals surface area contributed by atoms with Crippen LogP contribution in [0.4, 0.5) is 5.69 Å². The molecule has 0 unspecified atom stereocenters. The highest BCUT2D eigenvalue weighted by atomic mass is 35.5. The summed E-state index contributed by atoms with van der Waals surface area (Å²) in [4.78, 5) is 5.17. The van der Waals surface area contributed by atoms with Crippen LogP contribution in [-0.2, 0) is 0 Å². The highest BCUT2D eigenvalue weighted by molar-refractivity contribution is 5.85. The van der Waals surface area contributed by atoms with Gasteiger partial charge in [-0.2, -0.15) is 0 Å². The van der Waals surface area contributed by atoms with Crippen LogP contribution in [0.2, 0.25) is 0 Å². The molecule has 3 heteroatoms. The van der Waals surface area contributed by atoms with Crippen LogP contribution >= 0.6 is 12.4 Å². The Morgan fingerprint density at radius 2 is 1.41 bits per heavy atom. The van der Waals surface area contributed by atoms with Crippen molar-refractivity contribution < 1.29 is 0 Å². The maximum absolute atomic E-state index is 2.59. The van der Waals surface area contributed by atoms with E-state index in [1.54, 1.807) is 0 Å². The molecule has 2 nitrogen and oxygen atoms in total. The molecule has 126 valence electrons. The maximum Gasteiger partial charge on any atom is 0.0712 e. The molecule has 0 amide bonds. The molecule has 0 bridgehead atoms. The summed E-state index contributed by atoms with van der Waals surface area (Å²) >= 11 is 0. The maximum atomic E-state index is 2.59. The van der Waals surface area contributed by atoms with Gasteiger partial charge < -0.3 is 4.90 Å². The van der Waals surface area contributed by atoms with Crippen molar-refractivity contribution in [1.82, 2.24) is 4.90 Å². The lowest BCUT2D eigenvalue weighted by atomic mass is 9.92. The number of nitrogens with zero attached hydrogens (tertiary/aromatic N) is 2. The van der Waals surface area contributed by atoms with E-state index in [0.29, 0.717) is 11.8 Å². The Hall–Kier alpha value is -0.730. The lowest BCUT2D eigenvalue weighted by Gasteiger charge is -2.33. The van der Waals surface area contributed by atoms with Gasteiger partial charge in [-0.05, 0) is 43.7 Å². The fourth-order valence-corrected chi connectivity index (χ4v) is 3.20. The monoisotopic (exact) mass is 324 g/mol. The van der Waals surface area contributed by atoms with E-state index in [1.165, 1.54) is 16.8 Å². The number of benzene rings is 1. The summed E-state index contributed by atoms with van der Waals surface area (Å²) in [5.74, 6) is 1.14. The zero-order chi connectivity index (χ0) is 15.8. The van der Waals surface area contributed by atoms with Crippen molar-refractivity contribution >= 4 is 18.1 Å². The molecule has 0 aromatic heterocycles. The van der Waals surface area contributed by atoms with Crippen LogP contribution in [0.3, 0.4) is 0 Å². The van der Waals surface area contributed by atoms with Gasteiger partial charge in [-0.1, -0.05) is 45.9 Å². The molecule has 0 radical (unpaired) electrons. The highest BCUT2D eigenvalue weighted by Crippen LogP contribution is 2.37. The minimum Gasteiger partial charge on any atom is -0.357 e. The third-order valence-electron chi connectivity index (χ3n) is 4.59. The van der Waals surface area contributed by atoms with Gasteiger partial charge in [0.05, 0.1) is 6.67 Å². The smallest absolute Gasteiger partial charge is 0.0712 e. The minimum absolute atomic E-state index is 0. The molecule has 0 saturated carbocycles. The van der Waals surface area contributed by atoms with Gasteiger partial charge in [0.15, 0.2) is 0 Å². The zero-order valence-electron chi connectivity index (χ0n) is 15.3. The van der Waals surface area contributed by atoms with E-state index in [4.69, 9.17) is 0 Å². The van der Waals surface area contributed by atoms with Crippen molar-refractivity contribution in [3.63, 3.8) is 0 Å². The van der Waals surface area contributed by atoms with Crippen LogP contribution in [0.15, 0.2) is 18.2 Å². The van der Waals surface area contributed by atoms with E-state index in [-0.39, 0.29) is 17.9 Å². The molecule has 1 heterocycles. The van der Waals surface area contributed by atoms with E-state index in [9.17, 15) is 0 Å². The predicted octanol–water partition coefficient (Wildman–Crippen LogP) is 5.23. The third-order valence-corrected chi connectivity index (χ3v) is 4.59. The molecule has 0 spiro atoms. The molecule has 1 fully saturated rings. The van der Waals surface area contributed by atoms with E-state index in [1.807, 2.05) is 0 Å². The Kier molecular flexibility index (Phi) is 6.35. The van der Waals surface area contributed by atoms with Gasteiger partial charge in [0.2, 0.25) is 0 Å². The fourth-order valence-electron chi connectivity index (χ4n) is 3.20. The first-order chi connectivity index (χ1) is 9.71.